The lowest BCUT2D eigenvalue weighted by molar-refractivity contribution is 0.0944. The van der Waals surface area contributed by atoms with E-state index in [1.807, 2.05) is 11.4 Å². The van der Waals surface area contributed by atoms with E-state index in [4.69, 9.17) is 5.73 Å². The van der Waals surface area contributed by atoms with E-state index in [0.29, 0.717) is 12.2 Å². The smallest absolute Gasteiger partial charge is 0.191 e. The van der Waals surface area contributed by atoms with Crippen LogP contribution in [0.25, 0.3) is 0 Å². The second-order valence-corrected chi connectivity index (χ2v) is 5.63. The van der Waals surface area contributed by atoms with Gasteiger partial charge in [0.05, 0.1) is 11.6 Å². The molecule has 0 amide bonds. The standard InChI is InChI=1S/C14H15N3OS/c15-7-12-17-11(8-19-12)14(18)10-5-1-3-9-4-2-6-16-13(9)10/h2,4,6,8,10H,1,3,5,7,15H2. The van der Waals surface area contributed by atoms with Crippen LogP contribution in [0.5, 0.6) is 0 Å². The predicted octanol–water partition coefficient (Wildman–Crippen LogP) is 2.30. The lowest BCUT2D eigenvalue weighted by Gasteiger charge is -2.22. The molecule has 0 radical (unpaired) electrons. The number of rotatable bonds is 3. The highest BCUT2D eigenvalue weighted by atomic mass is 32.1. The molecule has 2 aromatic heterocycles. The van der Waals surface area contributed by atoms with Crippen LogP contribution in [-0.4, -0.2) is 15.8 Å². The van der Waals surface area contributed by atoms with Crippen LogP contribution in [0.2, 0.25) is 0 Å². The molecule has 1 atom stereocenters. The zero-order valence-electron chi connectivity index (χ0n) is 10.5. The predicted molar refractivity (Wildman–Crippen MR) is 74.3 cm³/mol. The number of pyridine rings is 1. The summed E-state index contributed by atoms with van der Waals surface area (Å²) in [6.07, 6.45) is 4.66. The second kappa shape index (κ2) is 5.19. The molecular weight excluding hydrogens is 258 g/mol. The number of carbonyl (C=O) groups excluding carboxylic acids is 1. The van der Waals surface area contributed by atoms with Crippen molar-refractivity contribution in [3.05, 3.63) is 45.7 Å². The first-order valence-electron chi connectivity index (χ1n) is 6.42. The van der Waals surface area contributed by atoms with E-state index in [0.717, 1.165) is 30.0 Å². The van der Waals surface area contributed by atoms with E-state index < -0.39 is 0 Å². The zero-order chi connectivity index (χ0) is 13.2. The number of fused-ring (bicyclic) bond motifs is 1. The van der Waals surface area contributed by atoms with E-state index in [2.05, 4.69) is 16.0 Å². The third-order valence-electron chi connectivity index (χ3n) is 3.49. The highest BCUT2D eigenvalue weighted by Crippen LogP contribution is 2.32. The molecule has 0 saturated heterocycles. The average Bonchev–Trinajstić information content (AvgIpc) is 2.95. The summed E-state index contributed by atoms with van der Waals surface area (Å²) in [6, 6.07) is 4.00. The number of carbonyl (C=O) groups is 1. The Labute approximate surface area is 115 Å². The van der Waals surface area contributed by atoms with Gasteiger partial charge in [0.15, 0.2) is 5.78 Å². The lowest BCUT2D eigenvalue weighted by Crippen LogP contribution is -2.20. The Bertz CT molecular complexity index is 608. The fourth-order valence-corrected chi connectivity index (χ4v) is 3.22. The van der Waals surface area contributed by atoms with Crippen LogP contribution in [0, 0.1) is 0 Å². The molecule has 2 N–H and O–H groups in total. The fourth-order valence-electron chi connectivity index (χ4n) is 2.56. The molecule has 0 bridgehead atoms. The van der Waals surface area contributed by atoms with E-state index in [-0.39, 0.29) is 11.7 Å². The Morgan fingerprint density at radius 2 is 2.42 bits per heavy atom. The first-order chi connectivity index (χ1) is 9.29. The molecule has 0 aliphatic heterocycles. The molecule has 3 rings (SSSR count). The number of aryl methyl sites for hydroxylation is 1. The van der Waals surface area contributed by atoms with Crippen molar-refractivity contribution < 1.29 is 4.79 Å². The van der Waals surface area contributed by atoms with Gasteiger partial charge < -0.3 is 5.73 Å². The SMILES string of the molecule is NCc1nc(C(=O)C2CCCc3cccnc32)cs1. The van der Waals surface area contributed by atoms with Crippen LogP contribution in [0.15, 0.2) is 23.7 Å². The highest BCUT2D eigenvalue weighted by molar-refractivity contribution is 7.09. The van der Waals surface area contributed by atoms with Gasteiger partial charge in [0.25, 0.3) is 0 Å². The van der Waals surface area contributed by atoms with Crippen molar-refractivity contribution in [3.8, 4) is 0 Å². The Morgan fingerprint density at radius 3 is 3.21 bits per heavy atom. The van der Waals surface area contributed by atoms with Gasteiger partial charge in [-0.15, -0.1) is 11.3 Å². The third-order valence-corrected chi connectivity index (χ3v) is 4.36. The van der Waals surface area contributed by atoms with Gasteiger partial charge in [-0.1, -0.05) is 6.07 Å². The normalized spacial score (nSPS) is 18.1. The van der Waals surface area contributed by atoms with Crippen molar-refractivity contribution in [1.29, 1.82) is 0 Å². The van der Waals surface area contributed by atoms with Crippen LogP contribution in [0.1, 0.15) is 45.5 Å². The maximum Gasteiger partial charge on any atom is 0.191 e. The van der Waals surface area contributed by atoms with Crippen molar-refractivity contribution >= 4 is 17.1 Å². The largest absolute Gasteiger partial charge is 0.325 e. The van der Waals surface area contributed by atoms with Gasteiger partial charge in [-0.3, -0.25) is 9.78 Å². The van der Waals surface area contributed by atoms with E-state index in [9.17, 15) is 4.79 Å². The molecule has 4 nitrogen and oxygen atoms in total. The van der Waals surface area contributed by atoms with Crippen LogP contribution in [0.3, 0.4) is 0 Å². The van der Waals surface area contributed by atoms with Crippen LogP contribution in [-0.2, 0) is 13.0 Å². The van der Waals surface area contributed by atoms with Crippen molar-refractivity contribution in [2.75, 3.05) is 0 Å². The Kier molecular flexibility index (Phi) is 3.40. The van der Waals surface area contributed by atoms with Gasteiger partial charge in [0.1, 0.15) is 10.7 Å². The summed E-state index contributed by atoms with van der Waals surface area (Å²) in [4.78, 5) is 21.3. The zero-order valence-corrected chi connectivity index (χ0v) is 11.3. The highest BCUT2D eigenvalue weighted by Gasteiger charge is 2.29. The molecular formula is C14H15N3OS. The first-order valence-corrected chi connectivity index (χ1v) is 7.30. The van der Waals surface area contributed by atoms with Crippen LogP contribution >= 0.6 is 11.3 Å². The van der Waals surface area contributed by atoms with Crippen LogP contribution in [0.4, 0.5) is 0 Å². The summed E-state index contributed by atoms with van der Waals surface area (Å²) in [6.45, 7) is 0.386. The summed E-state index contributed by atoms with van der Waals surface area (Å²) in [5.41, 5.74) is 8.21. The van der Waals surface area contributed by atoms with E-state index >= 15 is 0 Å². The van der Waals surface area contributed by atoms with Crippen molar-refractivity contribution in [2.24, 2.45) is 5.73 Å². The van der Waals surface area contributed by atoms with E-state index in [1.165, 1.54) is 16.9 Å². The molecule has 0 spiro atoms. The molecule has 1 aliphatic carbocycles. The molecule has 0 aromatic carbocycles. The minimum atomic E-state index is -0.141. The lowest BCUT2D eigenvalue weighted by atomic mass is 9.83. The molecule has 2 aromatic rings. The number of ketones is 1. The second-order valence-electron chi connectivity index (χ2n) is 4.69. The molecule has 2 heterocycles. The van der Waals surface area contributed by atoms with Gasteiger partial charge in [-0.05, 0) is 30.9 Å². The van der Waals surface area contributed by atoms with Gasteiger partial charge in [0, 0.05) is 18.1 Å². The molecule has 19 heavy (non-hydrogen) atoms. The number of hydrogen-bond acceptors (Lipinski definition) is 5. The van der Waals surface area contributed by atoms with Gasteiger partial charge in [-0.25, -0.2) is 4.98 Å². The molecule has 98 valence electrons. The fraction of sp³-hybridized carbons (Fsp3) is 0.357. The minimum Gasteiger partial charge on any atom is -0.325 e. The number of aromatic nitrogens is 2. The Hall–Kier alpha value is -1.59. The summed E-state index contributed by atoms with van der Waals surface area (Å²) < 4.78 is 0. The number of Topliss-reactive ketones (excluding diaryl/α,β-unsaturated/α-hetero) is 1. The average molecular weight is 273 g/mol. The van der Waals surface area contributed by atoms with Gasteiger partial charge in [-0.2, -0.15) is 0 Å². The molecule has 1 aliphatic rings. The summed E-state index contributed by atoms with van der Waals surface area (Å²) in [5.74, 6) is -0.0618. The third kappa shape index (κ3) is 2.31. The molecule has 5 heteroatoms. The van der Waals surface area contributed by atoms with Gasteiger partial charge >= 0.3 is 0 Å². The number of nitrogens with zero attached hydrogens (tertiary/aromatic N) is 2. The number of nitrogens with two attached hydrogens (primary N) is 1. The quantitative estimate of drug-likeness (QED) is 0.871. The summed E-state index contributed by atoms with van der Waals surface area (Å²) >= 11 is 1.45. The van der Waals surface area contributed by atoms with Crippen molar-refractivity contribution in [3.63, 3.8) is 0 Å². The number of hydrogen-bond donors (Lipinski definition) is 1. The maximum absolute atomic E-state index is 12.6. The molecule has 1 unspecified atom stereocenters. The van der Waals surface area contributed by atoms with Crippen molar-refractivity contribution in [1.82, 2.24) is 9.97 Å². The topological polar surface area (TPSA) is 68.9 Å². The Balaban J connectivity index is 1.93. The van der Waals surface area contributed by atoms with Gasteiger partial charge in [0.2, 0.25) is 0 Å². The first kappa shape index (κ1) is 12.4. The van der Waals surface area contributed by atoms with E-state index in [1.54, 1.807) is 6.20 Å². The maximum atomic E-state index is 12.6. The number of thiazole rings is 1. The Morgan fingerprint density at radius 1 is 1.53 bits per heavy atom. The molecule has 0 saturated carbocycles. The minimum absolute atomic E-state index is 0.0793. The van der Waals surface area contributed by atoms with Crippen LogP contribution < -0.4 is 5.73 Å². The van der Waals surface area contributed by atoms with Crippen molar-refractivity contribution in [2.45, 2.75) is 31.7 Å². The monoisotopic (exact) mass is 273 g/mol. The summed E-state index contributed by atoms with van der Waals surface area (Å²) in [7, 11) is 0. The summed E-state index contributed by atoms with van der Waals surface area (Å²) in [5, 5.41) is 2.61. The molecule has 0 fully saturated rings.